The number of nitrogens with zero attached hydrogens (tertiary/aromatic N) is 1. The Labute approximate surface area is 161 Å². The van der Waals surface area contributed by atoms with Gasteiger partial charge in [-0.3, -0.25) is 4.79 Å². The molecule has 0 bridgehead atoms. The van der Waals surface area contributed by atoms with Crippen molar-refractivity contribution in [1.29, 1.82) is 0 Å². The second-order valence-corrected chi connectivity index (χ2v) is 8.97. The maximum atomic E-state index is 12.7. The van der Waals surface area contributed by atoms with E-state index in [9.17, 15) is 13.2 Å². The molecular formula is C19H18N2O4S2. The van der Waals surface area contributed by atoms with Gasteiger partial charge in [0.25, 0.3) is 5.91 Å². The van der Waals surface area contributed by atoms with Crippen LogP contribution in [0.3, 0.4) is 0 Å². The van der Waals surface area contributed by atoms with Crippen molar-refractivity contribution in [3.63, 3.8) is 0 Å². The molecule has 0 aliphatic carbocycles. The monoisotopic (exact) mass is 402 g/mol. The van der Waals surface area contributed by atoms with E-state index in [0.29, 0.717) is 17.0 Å². The maximum Gasteiger partial charge on any atom is 0.259 e. The third kappa shape index (κ3) is 4.93. The van der Waals surface area contributed by atoms with Crippen LogP contribution in [0.5, 0.6) is 5.75 Å². The Morgan fingerprint density at radius 2 is 1.96 bits per heavy atom. The van der Waals surface area contributed by atoms with Crippen molar-refractivity contribution in [2.24, 2.45) is 0 Å². The number of rotatable bonds is 6. The number of hydrogen-bond donors (Lipinski definition) is 1. The average molecular weight is 402 g/mol. The third-order valence-electron chi connectivity index (χ3n) is 3.69. The van der Waals surface area contributed by atoms with Crippen LogP contribution in [-0.4, -0.2) is 25.6 Å². The molecule has 1 aromatic heterocycles. The molecule has 140 valence electrons. The molecule has 0 saturated carbocycles. The molecule has 0 aliphatic rings. The van der Waals surface area contributed by atoms with Crippen LogP contribution in [0.4, 0.5) is 5.69 Å². The van der Waals surface area contributed by atoms with Gasteiger partial charge in [-0.15, -0.1) is 11.3 Å². The van der Waals surface area contributed by atoms with E-state index in [-0.39, 0.29) is 17.4 Å². The number of ether oxygens (including phenoxy) is 1. The quantitative estimate of drug-likeness (QED) is 0.680. The van der Waals surface area contributed by atoms with E-state index in [1.807, 2.05) is 12.3 Å². The highest BCUT2D eigenvalue weighted by Crippen LogP contribution is 2.22. The second kappa shape index (κ2) is 7.89. The van der Waals surface area contributed by atoms with Crippen LogP contribution in [0, 0.1) is 6.92 Å². The minimum Gasteiger partial charge on any atom is -0.486 e. The van der Waals surface area contributed by atoms with Crippen molar-refractivity contribution in [3.8, 4) is 5.75 Å². The van der Waals surface area contributed by atoms with Gasteiger partial charge < -0.3 is 10.1 Å². The number of aryl methyl sites for hydroxylation is 1. The summed E-state index contributed by atoms with van der Waals surface area (Å²) in [5, 5.41) is 5.58. The summed E-state index contributed by atoms with van der Waals surface area (Å²) in [6.07, 6.45) is 1.12. The molecule has 1 heterocycles. The molecule has 8 heteroatoms. The third-order valence-corrected chi connectivity index (χ3v) is 5.63. The summed E-state index contributed by atoms with van der Waals surface area (Å²) in [5.74, 6) is 0.0469. The van der Waals surface area contributed by atoms with Crippen LogP contribution in [0.1, 0.15) is 21.1 Å². The number of anilines is 1. The summed E-state index contributed by atoms with van der Waals surface area (Å²) >= 11 is 1.54. The highest BCUT2D eigenvalue weighted by atomic mass is 32.2. The number of para-hydroxylation sites is 1. The number of sulfone groups is 1. The van der Waals surface area contributed by atoms with E-state index in [1.54, 1.807) is 36.4 Å². The zero-order valence-electron chi connectivity index (χ0n) is 14.8. The lowest BCUT2D eigenvalue weighted by atomic mass is 10.2. The Hall–Kier alpha value is -2.71. The van der Waals surface area contributed by atoms with Crippen molar-refractivity contribution in [1.82, 2.24) is 4.98 Å². The first-order chi connectivity index (χ1) is 12.8. The minimum atomic E-state index is -3.35. The molecular weight excluding hydrogens is 384 g/mol. The van der Waals surface area contributed by atoms with Gasteiger partial charge in [-0.1, -0.05) is 18.2 Å². The highest BCUT2D eigenvalue weighted by molar-refractivity contribution is 7.90. The van der Waals surface area contributed by atoms with Crippen LogP contribution in [0.2, 0.25) is 0 Å². The summed E-state index contributed by atoms with van der Waals surface area (Å²) in [6, 6.07) is 13.0. The molecule has 0 unspecified atom stereocenters. The number of hydrogen-bond acceptors (Lipinski definition) is 6. The number of carbonyl (C=O) groups excluding carboxylic acids is 1. The number of thiazole rings is 1. The van der Waals surface area contributed by atoms with Crippen LogP contribution < -0.4 is 10.1 Å². The van der Waals surface area contributed by atoms with Gasteiger partial charge in [0.15, 0.2) is 9.84 Å². The van der Waals surface area contributed by atoms with Crippen LogP contribution in [0.25, 0.3) is 0 Å². The van der Waals surface area contributed by atoms with Crippen LogP contribution in [-0.2, 0) is 16.4 Å². The smallest absolute Gasteiger partial charge is 0.259 e. The Kier molecular flexibility index (Phi) is 5.57. The molecule has 3 aromatic rings. The topological polar surface area (TPSA) is 85.4 Å². The molecule has 2 aromatic carbocycles. The van der Waals surface area contributed by atoms with E-state index < -0.39 is 9.84 Å². The summed E-state index contributed by atoms with van der Waals surface area (Å²) < 4.78 is 29.1. The van der Waals surface area contributed by atoms with Crippen molar-refractivity contribution in [2.75, 3.05) is 11.6 Å². The second-order valence-electron chi connectivity index (χ2n) is 5.90. The fraction of sp³-hybridized carbons (Fsp3) is 0.158. The van der Waals surface area contributed by atoms with Crippen molar-refractivity contribution in [2.45, 2.75) is 18.4 Å². The summed E-state index contributed by atoms with van der Waals surface area (Å²) in [7, 11) is -3.35. The van der Waals surface area contributed by atoms with Gasteiger partial charge in [0.1, 0.15) is 12.4 Å². The number of nitrogens with one attached hydrogen (secondary N) is 1. The Bertz CT molecular complexity index is 1070. The van der Waals surface area contributed by atoms with Gasteiger partial charge in [0.05, 0.1) is 21.2 Å². The van der Waals surface area contributed by atoms with Crippen LogP contribution in [0.15, 0.2) is 58.8 Å². The molecule has 0 saturated heterocycles. The normalized spacial score (nSPS) is 11.2. The molecule has 0 aliphatic heterocycles. The number of aromatic nitrogens is 1. The average Bonchev–Trinajstić information content (AvgIpc) is 3.05. The zero-order chi connectivity index (χ0) is 19.4. The van der Waals surface area contributed by atoms with E-state index >= 15 is 0 Å². The lowest BCUT2D eigenvalue weighted by molar-refractivity contribution is 0.102. The zero-order valence-corrected chi connectivity index (χ0v) is 16.4. The van der Waals surface area contributed by atoms with Gasteiger partial charge in [-0.25, -0.2) is 13.4 Å². The largest absolute Gasteiger partial charge is 0.486 e. The number of benzene rings is 2. The molecule has 6 nitrogen and oxygen atoms in total. The fourth-order valence-corrected chi connectivity index (χ4v) is 3.67. The molecule has 1 N–H and O–H groups in total. The van der Waals surface area contributed by atoms with Crippen molar-refractivity contribution < 1.29 is 17.9 Å². The molecule has 0 atom stereocenters. The molecule has 1 amide bonds. The lowest BCUT2D eigenvalue weighted by Crippen LogP contribution is -2.14. The van der Waals surface area contributed by atoms with Gasteiger partial charge >= 0.3 is 0 Å². The molecule has 0 fully saturated rings. The van der Waals surface area contributed by atoms with Crippen LogP contribution >= 0.6 is 11.3 Å². The summed E-state index contributed by atoms with van der Waals surface area (Å²) in [4.78, 5) is 17.1. The number of amides is 1. The Balaban J connectivity index is 1.77. The molecule has 0 spiro atoms. The first-order valence-electron chi connectivity index (χ1n) is 8.07. The van der Waals surface area contributed by atoms with Gasteiger partial charge in [0.2, 0.25) is 0 Å². The maximum absolute atomic E-state index is 12.7. The Morgan fingerprint density at radius 1 is 1.19 bits per heavy atom. The van der Waals surface area contributed by atoms with Gasteiger partial charge in [-0.2, -0.15) is 0 Å². The van der Waals surface area contributed by atoms with Gasteiger partial charge in [0, 0.05) is 17.3 Å². The minimum absolute atomic E-state index is 0.142. The predicted molar refractivity (Wildman–Crippen MR) is 105 cm³/mol. The first kappa shape index (κ1) is 19.1. The van der Waals surface area contributed by atoms with E-state index in [4.69, 9.17) is 4.74 Å². The van der Waals surface area contributed by atoms with Gasteiger partial charge in [-0.05, 0) is 37.3 Å². The summed E-state index contributed by atoms with van der Waals surface area (Å²) in [5.41, 5.74) is 1.55. The van der Waals surface area contributed by atoms with E-state index in [1.165, 1.54) is 23.5 Å². The van der Waals surface area contributed by atoms with Crippen molar-refractivity contribution in [3.05, 3.63) is 70.2 Å². The standard InChI is InChI=1S/C19H18N2O4S2/c1-13-20-15(12-26-13)11-25-18-9-4-3-8-17(18)19(22)21-14-6-5-7-16(10-14)27(2,23)24/h3-10,12H,11H2,1-2H3,(H,21,22). The number of carbonyl (C=O) groups is 1. The van der Waals surface area contributed by atoms with E-state index in [2.05, 4.69) is 10.3 Å². The molecule has 0 radical (unpaired) electrons. The molecule has 27 heavy (non-hydrogen) atoms. The SMILES string of the molecule is Cc1nc(COc2ccccc2C(=O)Nc2cccc(S(C)(=O)=O)c2)cs1. The lowest BCUT2D eigenvalue weighted by Gasteiger charge is -2.11. The van der Waals surface area contributed by atoms with Crippen molar-refractivity contribution >= 4 is 32.8 Å². The highest BCUT2D eigenvalue weighted by Gasteiger charge is 2.14. The fourth-order valence-electron chi connectivity index (χ4n) is 2.41. The Morgan fingerprint density at radius 3 is 2.67 bits per heavy atom. The summed E-state index contributed by atoms with van der Waals surface area (Å²) in [6.45, 7) is 2.18. The predicted octanol–water partition coefficient (Wildman–Crippen LogP) is 3.69. The van der Waals surface area contributed by atoms with E-state index in [0.717, 1.165) is 17.0 Å². The molecule has 3 rings (SSSR count). The first-order valence-corrected chi connectivity index (χ1v) is 10.8.